The molecular formula is C30H38N6O3. The number of hydrogen-bond acceptors (Lipinski definition) is 8. The number of fused-ring (bicyclic) bond motifs is 1. The van der Waals surface area contributed by atoms with Crippen LogP contribution in [0, 0.1) is 5.92 Å². The van der Waals surface area contributed by atoms with E-state index in [0.29, 0.717) is 17.4 Å². The van der Waals surface area contributed by atoms with Crippen LogP contribution in [0.5, 0.6) is 11.5 Å². The minimum absolute atomic E-state index is 0.0665. The second kappa shape index (κ2) is 11.6. The molecule has 4 heterocycles. The zero-order valence-electron chi connectivity index (χ0n) is 22.8. The molecule has 6 rings (SSSR count). The van der Waals surface area contributed by atoms with Gasteiger partial charge in [-0.3, -0.25) is 4.79 Å². The number of carbonyl (C=O) groups excluding carboxylic acids is 1. The van der Waals surface area contributed by atoms with Gasteiger partial charge >= 0.3 is 0 Å². The topological polar surface area (TPSA) is 92.7 Å². The van der Waals surface area contributed by atoms with Gasteiger partial charge in [0.1, 0.15) is 24.1 Å². The molecule has 3 aliphatic rings. The predicted octanol–water partition coefficient (Wildman–Crippen LogP) is 5.33. The summed E-state index contributed by atoms with van der Waals surface area (Å²) in [6, 6.07) is 7.95. The predicted molar refractivity (Wildman–Crippen MR) is 152 cm³/mol. The van der Waals surface area contributed by atoms with Crippen LogP contribution in [0.15, 0.2) is 36.8 Å². The summed E-state index contributed by atoms with van der Waals surface area (Å²) < 4.78 is 12.1. The molecule has 1 aliphatic carbocycles. The Morgan fingerprint density at radius 2 is 1.69 bits per heavy atom. The van der Waals surface area contributed by atoms with E-state index in [1.807, 2.05) is 29.3 Å². The van der Waals surface area contributed by atoms with E-state index in [-0.39, 0.29) is 12.0 Å². The van der Waals surface area contributed by atoms with Crippen LogP contribution >= 0.6 is 0 Å². The zero-order chi connectivity index (χ0) is 26.6. The van der Waals surface area contributed by atoms with E-state index in [1.165, 1.54) is 32.1 Å². The Morgan fingerprint density at radius 1 is 0.897 bits per heavy atom. The van der Waals surface area contributed by atoms with Gasteiger partial charge in [0.25, 0.3) is 0 Å². The van der Waals surface area contributed by atoms with Crippen molar-refractivity contribution in [2.24, 2.45) is 5.92 Å². The molecule has 0 bridgehead atoms. The number of pyridine rings is 1. The first-order valence-electron chi connectivity index (χ1n) is 14.4. The molecule has 1 saturated carbocycles. The Balaban J connectivity index is 1.13. The van der Waals surface area contributed by atoms with Crippen LogP contribution in [0.1, 0.15) is 57.8 Å². The Labute approximate surface area is 229 Å². The SMILES string of the molecule is COc1cc(Nc2ncnc3cnc(N4CCCCC4)cc23)ccc1OC1CCN(C(=O)C2CCCC2)CC1. The van der Waals surface area contributed by atoms with Crippen LogP contribution < -0.4 is 19.7 Å². The quantitative estimate of drug-likeness (QED) is 0.438. The van der Waals surface area contributed by atoms with Gasteiger partial charge in [-0.2, -0.15) is 0 Å². The van der Waals surface area contributed by atoms with E-state index in [4.69, 9.17) is 9.47 Å². The molecule has 2 aromatic heterocycles. The number of likely N-dealkylation sites (tertiary alicyclic amines) is 1. The molecule has 2 aliphatic heterocycles. The lowest BCUT2D eigenvalue weighted by molar-refractivity contribution is -0.137. The van der Waals surface area contributed by atoms with Crippen molar-refractivity contribution in [3.8, 4) is 11.5 Å². The standard InChI is InChI=1S/C30H38N6O3/c1-38-27-17-22(9-10-26(27)39-23-11-15-36(16-12-23)30(37)21-7-3-4-8-21)34-29-24-18-28(35-13-5-2-6-14-35)31-19-25(24)32-20-33-29/h9-10,17-21,23H,2-8,11-16H2,1H3,(H,32,33,34). The van der Waals surface area contributed by atoms with Crippen molar-refractivity contribution in [2.45, 2.75) is 63.9 Å². The van der Waals surface area contributed by atoms with Crippen LogP contribution in [0.25, 0.3) is 10.9 Å². The molecular weight excluding hydrogens is 492 g/mol. The van der Waals surface area contributed by atoms with Gasteiger partial charge in [0.2, 0.25) is 5.91 Å². The molecule has 2 saturated heterocycles. The first-order valence-corrected chi connectivity index (χ1v) is 14.4. The van der Waals surface area contributed by atoms with Crippen molar-refractivity contribution in [2.75, 3.05) is 43.5 Å². The average molecular weight is 531 g/mol. The number of amides is 1. The fourth-order valence-electron chi connectivity index (χ4n) is 6.13. The van der Waals surface area contributed by atoms with Gasteiger partial charge in [0, 0.05) is 62.1 Å². The smallest absolute Gasteiger partial charge is 0.225 e. The number of ether oxygens (including phenoxy) is 2. The molecule has 9 heteroatoms. The molecule has 0 spiro atoms. The minimum Gasteiger partial charge on any atom is -0.493 e. The summed E-state index contributed by atoms with van der Waals surface area (Å²) in [6.07, 6.45) is 13.3. The van der Waals surface area contributed by atoms with Crippen molar-refractivity contribution < 1.29 is 14.3 Å². The zero-order valence-corrected chi connectivity index (χ0v) is 22.8. The van der Waals surface area contributed by atoms with Crippen molar-refractivity contribution in [1.29, 1.82) is 0 Å². The Kier molecular flexibility index (Phi) is 7.65. The number of nitrogens with one attached hydrogen (secondary N) is 1. The van der Waals surface area contributed by atoms with Crippen LogP contribution in [0.4, 0.5) is 17.3 Å². The average Bonchev–Trinajstić information content (AvgIpc) is 3.54. The first-order chi connectivity index (χ1) is 19.2. The fourth-order valence-corrected chi connectivity index (χ4v) is 6.13. The summed E-state index contributed by atoms with van der Waals surface area (Å²) in [4.78, 5) is 30.8. The Hall–Kier alpha value is -3.62. The van der Waals surface area contributed by atoms with E-state index >= 15 is 0 Å². The summed E-state index contributed by atoms with van der Waals surface area (Å²) in [6.45, 7) is 3.58. The number of rotatable bonds is 7. The molecule has 0 atom stereocenters. The molecule has 0 unspecified atom stereocenters. The summed E-state index contributed by atoms with van der Waals surface area (Å²) in [5.74, 6) is 3.66. The normalized spacial score (nSPS) is 18.9. The van der Waals surface area contributed by atoms with Gasteiger partial charge in [0.05, 0.1) is 18.8 Å². The lowest BCUT2D eigenvalue weighted by atomic mass is 10.0. The lowest BCUT2D eigenvalue weighted by Crippen LogP contribution is -2.44. The molecule has 3 aromatic rings. The highest BCUT2D eigenvalue weighted by Crippen LogP contribution is 2.35. The highest BCUT2D eigenvalue weighted by Gasteiger charge is 2.30. The largest absolute Gasteiger partial charge is 0.493 e. The van der Waals surface area contributed by atoms with Gasteiger partial charge in [-0.25, -0.2) is 15.0 Å². The molecule has 3 fully saturated rings. The van der Waals surface area contributed by atoms with Gasteiger partial charge in [-0.1, -0.05) is 12.8 Å². The third kappa shape index (κ3) is 5.72. The van der Waals surface area contributed by atoms with Crippen LogP contribution in [-0.4, -0.2) is 65.2 Å². The van der Waals surface area contributed by atoms with E-state index in [2.05, 4.69) is 31.2 Å². The lowest BCUT2D eigenvalue weighted by Gasteiger charge is -2.34. The van der Waals surface area contributed by atoms with E-state index in [0.717, 1.165) is 80.1 Å². The Morgan fingerprint density at radius 3 is 2.46 bits per heavy atom. The summed E-state index contributed by atoms with van der Waals surface area (Å²) >= 11 is 0. The number of carbonyl (C=O) groups is 1. The summed E-state index contributed by atoms with van der Waals surface area (Å²) in [5, 5.41) is 4.39. The minimum atomic E-state index is 0.0665. The third-order valence-corrected chi connectivity index (χ3v) is 8.37. The van der Waals surface area contributed by atoms with Gasteiger partial charge in [0.15, 0.2) is 11.5 Å². The monoisotopic (exact) mass is 530 g/mol. The first kappa shape index (κ1) is 25.6. The number of aromatic nitrogens is 3. The molecule has 1 aromatic carbocycles. The van der Waals surface area contributed by atoms with Gasteiger partial charge < -0.3 is 24.6 Å². The number of piperidine rings is 2. The number of methoxy groups -OCH3 is 1. The van der Waals surface area contributed by atoms with Gasteiger partial charge in [-0.05, 0) is 50.3 Å². The molecule has 39 heavy (non-hydrogen) atoms. The van der Waals surface area contributed by atoms with Crippen molar-refractivity contribution in [3.05, 3.63) is 36.8 Å². The van der Waals surface area contributed by atoms with Crippen LogP contribution in [0.3, 0.4) is 0 Å². The molecule has 1 N–H and O–H groups in total. The highest BCUT2D eigenvalue weighted by molar-refractivity contribution is 5.92. The maximum atomic E-state index is 12.8. The number of anilines is 3. The summed E-state index contributed by atoms with van der Waals surface area (Å²) in [5.41, 5.74) is 1.66. The highest BCUT2D eigenvalue weighted by atomic mass is 16.5. The van der Waals surface area contributed by atoms with Crippen molar-refractivity contribution in [3.63, 3.8) is 0 Å². The fraction of sp³-hybridized carbons (Fsp3) is 0.533. The Bertz CT molecular complexity index is 1300. The van der Waals surface area contributed by atoms with Crippen molar-refractivity contribution >= 4 is 34.1 Å². The number of hydrogen-bond donors (Lipinski definition) is 1. The van der Waals surface area contributed by atoms with Gasteiger partial charge in [-0.15, -0.1) is 0 Å². The molecule has 0 radical (unpaired) electrons. The third-order valence-electron chi connectivity index (χ3n) is 8.37. The summed E-state index contributed by atoms with van der Waals surface area (Å²) in [7, 11) is 1.66. The second-order valence-corrected chi connectivity index (χ2v) is 10.9. The maximum absolute atomic E-state index is 12.8. The van der Waals surface area contributed by atoms with E-state index in [9.17, 15) is 4.79 Å². The second-order valence-electron chi connectivity index (χ2n) is 10.9. The number of nitrogens with zero attached hydrogens (tertiary/aromatic N) is 5. The number of benzene rings is 1. The molecule has 1 amide bonds. The van der Waals surface area contributed by atoms with E-state index < -0.39 is 0 Å². The van der Waals surface area contributed by atoms with Crippen LogP contribution in [0.2, 0.25) is 0 Å². The van der Waals surface area contributed by atoms with Crippen LogP contribution in [-0.2, 0) is 4.79 Å². The maximum Gasteiger partial charge on any atom is 0.225 e. The van der Waals surface area contributed by atoms with Crippen molar-refractivity contribution in [1.82, 2.24) is 19.9 Å². The van der Waals surface area contributed by atoms with E-state index in [1.54, 1.807) is 13.4 Å². The molecule has 9 nitrogen and oxygen atoms in total. The molecule has 206 valence electrons.